The molecule has 0 aliphatic carbocycles. The van der Waals surface area contributed by atoms with Crippen LogP contribution in [0.1, 0.15) is 6.42 Å². The molecule has 1 aromatic rings. The Morgan fingerprint density at radius 3 is 3.00 bits per heavy atom. The van der Waals surface area contributed by atoms with Gasteiger partial charge in [0.05, 0.1) is 13.5 Å². The molecule has 1 aromatic carbocycles. The first-order chi connectivity index (χ1) is 6.72. The summed E-state index contributed by atoms with van der Waals surface area (Å²) in [5.41, 5.74) is 0.786. The molecule has 0 amide bonds. The van der Waals surface area contributed by atoms with Gasteiger partial charge in [0.15, 0.2) is 0 Å². The van der Waals surface area contributed by atoms with Crippen LogP contribution in [-0.4, -0.2) is 24.7 Å². The lowest BCUT2D eigenvalue weighted by Crippen LogP contribution is -2.09. The molecule has 0 aliphatic rings. The number of aromatic hydroxyl groups is 1. The number of carbonyl (C=O) groups excluding carboxylic acids is 1. The number of anilines is 1. The monoisotopic (exact) mass is 195 g/mol. The standard InChI is InChI=1S/C10H13NO3/c1-14-10(13)5-6-11-8-3-2-4-9(12)7-8/h2-4,7,11-12H,5-6H2,1H3. The van der Waals surface area contributed by atoms with Gasteiger partial charge in [-0.3, -0.25) is 4.79 Å². The number of esters is 1. The van der Waals surface area contributed by atoms with E-state index in [0.717, 1.165) is 5.69 Å². The number of carbonyl (C=O) groups is 1. The molecule has 0 saturated carbocycles. The first kappa shape index (κ1) is 10.4. The van der Waals surface area contributed by atoms with Crippen molar-refractivity contribution in [2.45, 2.75) is 6.42 Å². The van der Waals surface area contributed by atoms with Crippen molar-refractivity contribution < 1.29 is 14.6 Å². The normalized spacial score (nSPS) is 9.50. The highest BCUT2D eigenvalue weighted by Crippen LogP contribution is 2.14. The van der Waals surface area contributed by atoms with Crippen LogP contribution in [-0.2, 0) is 9.53 Å². The quantitative estimate of drug-likeness (QED) is 0.712. The second-order valence-electron chi connectivity index (χ2n) is 2.80. The number of ether oxygens (including phenoxy) is 1. The zero-order chi connectivity index (χ0) is 10.4. The summed E-state index contributed by atoms with van der Waals surface area (Å²) in [6.45, 7) is 0.496. The molecular weight excluding hydrogens is 182 g/mol. The maximum atomic E-state index is 10.8. The van der Waals surface area contributed by atoms with Crippen LogP contribution in [0.25, 0.3) is 0 Å². The van der Waals surface area contributed by atoms with Gasteiger partial charge >= 0.3 is 5.97 Å². The van der Waals surface area contributed by atoms with Gasteiger partial charge in [-0.2, -0.15) is 0 Å². The Kier molecular flexibility index (Phi) is 3.79. The van der Waals surface area contributed by atoms with Crippen LogP contribution < -0.4 is 5.32 Å². The summed E-state index contributed by atoms with van der Waals surface area (Å²) in [4.78, 5) is 10.8. The Morgan fingerprint density at radius 1 is 1.57 bits per heavy atom. The molecule has 4 nitrogen and oxygen atoms in total. The number of phenolic OH excluding ortho intramolecular Hbond substituents is 1. The Bertz CT molecular complexity index is 312. The van der Waals surface area contributed by atoms with E-state index in [0.29, 0.717) is 13.0 Å². The molecule has 0 aliphatic heterocycles. The second-order valence-corrected chi connectivity index (χ2v) is 2.80. The molecule has 0 heterocycles. The fraction of sp³-hybridized carbons (Fsp3) is 0.300. The topological polar surface area (TPSA) is 58.6 Å². The van der Waals surface area contributed by atoms with E-state index in [2.05, 4.69) is 10.1 Å². The molecule has 2 N–H and O–H groups in total. The summed E-state index contributed by atoms with van der Waals surface area (Å²) < 4.78 is 4.48. The smallest absolute Gasteiger partial charge is 0.307 e. The Morgan fingerprint density at radius 2 is 2.36 bits per heavy atom. The SMILES string of the molecule is COC(=O)CCNc1cccc(O)c1. The van der Waals surface area contributed by atoms with Crippen molar-refractivity contribution in [2.75, 3.05) is 19.0 Å². The van der Waals surface area contributed by atoms with E-state index >= 15 is 0 Å². The van der Waals surface area contributed by atoms with Crippen molar-refractivity contribution in [3.8, 4) is 5.75 Å². The Hall–Kier alpha value is -1.71. The van der Waals surface area contributed by atoms with Gasteiger partial charge in [-0.1, -0.05) is 6.07 Å². The maximum absolute atomic E-state index is 10.8. The predicted octanol–water partition coefficient (Wildman–Crippen LogP) is 1.37. The van der Waals surface area contributed by atoms with Crippen molar-refractivity contribution in [2.24, 2.45) is 0 Å². The van der Waals surface area contributed by atoms with Gasteiger partial charge in [-0.15, -0.1) is 0 Å². The second kappa shape index (κ2) is 5.11. The number of benzene rings is 1. The predicted molar refractivity (Wildman–Crippen MR) is 53.2 cm³/mol. The molecular formula is C10H13NO3. The molecule has 0 spiro atoms. The third kappa shape index (κ3) is 3.35. The lowest BCUT2D eigenvalue weighted by molar-refractivity contribution is -0.140. The van der Waals surface area contributed by atoms with Gasteiger partial charge in [0.2, 0.25) is 0 Å². The van der Waals surface area contributed by atoms with Crippen molar-refractivity contribution >= 4 is 11.7 Å². The number of methoxy groups -OCH3 is 1. The van der Waals surface area contributed by atoms with Crippen molar-refractivity contribution in [3.63, 3.8) is 0 Å². The van der Waals surface area contributed by atoms with Crippen LogP contribution in [0.5, 0.6) is 5.75 Å². The highest BCUT2D eigenvalue weighted by Gasteiger charge is 1.99. The zero-order valence-electron chi connectivity index (χ0n) is 7.99. The summed E-state index contributed by atoms with van der Waals surface area (Å²) in [7, 11) is 1.36. The number of hydrogen-bond donors (Lipinski definition) is 2. The molecule has 0 aromatic heterocycles. The van der Waals surface area contributed by atoms with Crippen molar-refractivity contribution in [1.82, 2.24) is 0 Å². The third-order valence-corrected chi connectivity index (χ3v) is 1.73. The molecule has 0 atom stereocenters. The van der Waals surface area contributed by atoms with Crippen molar-refractivity contribution in [3.05, 3.63) is 24.3 Å². The summed E-state index contributed by atoms with van der Waals surface area (Å²) in [5.74, 6) is -0.0503. The molecule has 0 unspecified atom stereocenters. The van der Waals surface area contributed by atoms with Crippen molar-refractivity contribution in [1.29, 1.82) is 0 Å². The first-order valence-electron chi connectivity index (χ1n) is 4.32. The van der Waals surface area contributed by atoms with E-state index < -0.39 is 0 Å². The molecule has 0 fully saturated rings. The first-order valence-corrected chi connectivity index (χ1v) is 4.32. The number of hydrogen-bond acceptors (Lipinski definition) is 4. The summed E-state index contributed by atoms with van der Waals surface area (Å²) >= 11 is 0. The van der Waals surface area contributed by atoms with E-state index in [1.165, 1.54) is 7.11 Å². The third-order valence-electron chi connectivity index (χ3n) is 1.73. The van der Waals surface area contributed by atoms with Gasteiger partial charge in [-0.25, -0.2) is 0 Å². The highest BCUT2D eigenvalue weighted by molar-refractivity contribution is 5.69. The van der Waals surface area contributed by atoms with Crippen LogP contribution in [0.4, 0.5) is 5.69 Å². The zero-order valence-corrected chi connectivity index (χ0v) is 7.99. The summed E-state index contributed by atoms with van der Waals surface area (Å²) in [6, 6.07) is 6.73. The van der Waals surface area contributed by atoms with Gasteiger partial charge in [-0.05, 0) is 12.1 Å². The van der Waals surface area contributed by atoms with Gasteiger partial charge in [0.1, 0.15) is 5.75 Å². The minimum absolute atomic E-state index is 0.202. The fourth-order valence-corrected chi connectivity index (χ4v) is 1.03. The molecule has 0 saturated heterocycles. The molecule has 0 bridgehead atoms. The average molecular weight is 195 g/mol. The minimum Gasteiger partial charge on any atom is -0.508 e. The summed E-state index contributed by atoms with van der Waals surface area (Å²) in [5, 5.41) is 12.1. The van der Waals surface area contributed by atoms with Gasteiger partial charge in [0, 0.05) is 18.3 Å². The molecule has 4 heteroatoms. The maximum Gasteiger partial charge on any atom is 0.307 e. The Balaban J connectivity index is 2.35. The lowest BCUT2D eigenvalue weighted by Gasteiger charge is -2.05. The van der Waals surface area contributed by atoms with Gasteiger partial charge < -0.3 is 15.2 Å². The van der Waals surface area contributed by atoms with Crippen LogP contribution in [0.2, 0.25) is 0 Å². The molecule has 0 radical (unpaired) electrons. The number of nitrogens with one attached hydrogen (secondary N) is 1. The van der Waals surface area contributed by atoms with Gasteiger partial charge in [0.25, 0.3) is 0 Å². The lowest BCUT2D eigenvalue weighted by atomic mass is 10.3. The number of rotatable bonds is 4. The van der Waals surface area contributed by atoms with Crippen LogP contribution >= 0.6 is 0 Å². The number of phenols is 1. The van der Waals surface area contributed by atoms with E-state index in [1.807, 2.05) is 6.07 Å². The van der Waals surface area contributed by atoms with E-state index in [-0.39, 0.29) is 11.7 Å². The fourth-order valence-electron chi connectivity index (χ4n) is 1.03. The van der Waals surface area contributed by atoms with Crippen LogP contribution in [0.3, 0.4) is 0 Å². The highest BCUT2D eigenvalue weighted by atomic mass is 16.5. The molecule has 1 rings (SSSR count). The molecule has 76 valence electrons. The Labute approximate surface area is 82.5 Å². The van der Waals surface area contributed by atoms with Crippen LogP contribution in [0.15, 0.2) is 24.3 Å². The minimum atomic E-state index is -0.252. The molecule has 14 heavy (non-hydrogen) atoms. The average Bonchev–Trinajstić information content (AvgIpc) is 2.17. The van der Waals surface area contributed by atoms with E-state index in [1.54, 1.807) is 18.2 Å². The van der Waals surface area contributed by atoms with E-state index in [9.17, 15) is 4.79 Å². The largest absolute Gasteiger partial charge is 0.508 e. The summed E-state index contributed by atoms with van der Waals surface area (Å²) in [6.07, 6.45) is 0.312. The van der Waals surface area contributed by atoms with Crippen LogP contribution in [0, 0.1) is 0 Å². The van der Waals surface area contributed by atoms with E-state index in [4.69, 9.17) is 5.11 Å².